The highest BCUT2D eigenvalue weighted by Gasteiger charge is 2.16. The number of esters is 1. The van der Waals surface area contributed by atoms with Crippen LogP contribution >= 0.6 is 0 Å². The Bertz CT molecular complexity index is 1030. The summed E-state index contributed by atoms with van der Waals surface area (Å²) in [5.74, 6) is -0.109. The molecule has 0 atom stereocenters. The average Bonchev–Trinajstić information content (AvgIpc) is 2.79. The molecule has 30 heavy (non-hydrogen) atoms. The Labute approximate surface area is 176 Å². The third-order valence-electron chi connectivity index (χ3n) is 4.42. The van der Waals surface area contributed by atoms with Crippen molar-refractivity contribution in [3.8, 4) is 11.8 Å². The highest BCUT2D eigenvalue weighted by molar-refractivity contribution is 5.98. The molecule has 5 nitrogen and oxygen atoms in total. The molecule has 5 heteroatoms. The van der Waals surface area contributed by atoms with Crippen LogP contribution in [0.15, 0.2) is 84.4 Å². The first kappa shape index (κ1) is 20.7. The number of para-hydroxylation sites is 2. The third-order valence-corrected chi connectivity index (χ3v) is 4.42. The van der Waals surface area contributed by atoms with E-state index in [-0.39, 0.29) is 12.2 Å². The molecule has 0 saturated carbocycles. The van der Waals surface area contributed by atoms with Gasteiger partial charge in [0.15, 0.2) is 0 Å². The highest BCUT2D eigenvalue weighted by Crippen LogP contribution is 2.37. The fourth-order valence-corrected chi connectivity index (χ4v) is 3.06. The lowest BCUT2D eigenvalue weighted by Crippen LogP contribution is -2.10. The second-order valence-corrected chi connectivity index (χ2v) is 6.32. The molecule has 0 aliphatic heterocycles. The summed E-state index contributed by atoms with van der Waals surface area (Å²) in [6.45, 7) is 1.90. The Kier molecular flexibility index (Phi) is 6.86. The van der Waals surface area contributed by atoms with E-state index in [2.05, 4.69) is 4.90 Å². The van der Waals surface area contributed by atoms with E-state index in [1.54, 1.807) is 14.0 Å². The van der Waals surface area contributed by atoms with Crippen molar-refractivity contribution >= 4 is 29.1 Å². The van der Waals surface area contributed by atoms with Crippen molar-refractivity contribution in [2.75, 3.05) is 18.6 Å². The van der Waals surface area contributed by atoms with Gasteiger partial charge in [-0.25, -0.2) is 4.79 Å². The van der Waals surface area contributed by atoms with Gasteiger partial charge in [0, 0.05) is 28.7 Å². The molecule has 0 aliphatic rings. The van der Waals surface area contributed by atoms with Gasteiger partial charge in [-0.05, 0) is 49.4 Å². The zero-order valence-electron chi connectivity index (χ0n) is 16.9. The molecule has 0 bridgehead atoms. The lowest BCUT2D eigenvalue weighted by Gasteiger charge is -2.26. The van der Waals surface area contributed by atoms with Crippen LogP contribution in [0.25, 0.3) is 6.08 Å². The fourth-order valence-electron chi connectivity index (χ4n) is 3.06. The number of benzene rings is 3. The van der Waals surface area contributed by atoms with Crippen molar-refractivity contribution in [1.82, 2.24) is 0 Å². The second-order valence-electron chi connectivity index (χ2n) is 6.32. The molecular weight excluding hydrogens is 376 g/mol. The van der Waals surface area contributed by atoms with Gasteiger partial charge in [-0.3, -0.25) is 0 Å². The predicted octanol–water partition coefficient (Wildman–Crippen LogP) is 5.64. The Balaban J connectivity index is 2.07. The van der Waals surface area contributed by atoms with Crippen LogP contribution in [0.1, 0.15) is 12.5 Å². The number of rotatable bonds is 7. The van der Waals surface area contributed by atoms with Gasteiger partial charge in [0.2, 0.25) is 0 Å². The number of anilines is 3. The number of ether oxygens (including phenoxy) is 2. The van der Waals surface area contributed by atoms with Crippen LogP contribution in [0.3, 0.4) is 0 Å². The summed E-state index contributed by atoms with van der Waals surface area (Å²) >= 11 is 0. The Hall–Kier alpha value is -4.04. The second kappa shape index (κ2) is 9.94. The Morgan fingerprint density at radius 2 is 1.57 bits per heavy atom. The van der Waals surface area contributed by atoms with Crippen molar-refractivity contribution in [2.45, 2.75) is 6.92 Å². The Morgan fingerprint density at radius 1 is 0.967 bits per heavy atom. The van der Waals surface area contributed by atoms with Gasteiger partial charge in [-0.15, -0.1) is 0 Å². The average molecular weight is 398 g/mol. The summed E-state index contributed by atoms with van der Waals surface area (Å²) in [7, 11) is 1.56. The van der Waals surface area contributed by atoms with Gasteiger partial charge < -0.3 is 14.4 Å². The topological polar surface area (TPSA) is 62.6 Å². The van der Waals surface area contributed by atoms with Crippen LogP contribution in [0.5, 0.6) is 5.75 Å². The van der Waals surface area contributed by atoms with E-state index in [0.717, 1.165) is 17.1 Å². The molecule has 3 rings (SSSR count). The molecular formula is C25H22N2O3. The minimum absolute atomic E-state index is 0.0779. The molecule has 3 aromatic carbocycles. The van der Waals surface area contributed by atoms with Crippen molar-refractivity contribution in [2.24, 2.45) is 0 Å². The van der Waals surface area contributed by atoms with Crippen molar-refractivity contribution < 1.29 is 14.3 Å². The summed E-state index contributed by atoms with van der Waals surface area (Å²) in [5.41, 5.74) is 3.42. The smallest absolute Gasteiger partial charge is 0.348 e. The van der Waals surface area contributed by atoms with Crippen molar-refractivity contribution in [1.29, 1.82) is 5.26 Å². The van der Waals surface area contributed by atoms with Gasteiger partial charge in [-0.1, -0.05) is 36.4 Å². The van der Waals surface area contributed by atoms with E-state index in [9.17, 15) is 10.1 Å². The normalized spacial score (nSPS) is 10.8. The van der Waals surface area contributed by atoms with Gasteiger partial charge in [0.05, 0.1) is 13.7 Å². The zero-order chi connectivity index (χ0) is 21.3. The number of carbonyl (C=O) groups excluding carboxylic acids is 1. The minimum atomic E-state index is -0.652. The van der Waals surface area contributed by atoms with Gasteiger partial charge in [0.1, 0.15) is 17.4 Å². The maximum Gasteiger partial charge on any atom is 0.348 e. The minimum Gasteiger partial charge on any atom is -0.496 e. The molecule has 0 fully saturated rings. The standard InChI is InChI=1S/C25H22N2O3/c1-3-30-25(28)20(18-26)16-19-14-15-23(17-24(19)29-2)27(21-10-6-4-7-11-21)22-12-8-5-9-13-22/h4-17H,3H2,1-2H3/b20-16+. The summed E-state index contributed by atoms with van der Waals surface area (Å²) in [5, 5.41) is 9.32. The number of methoxy groups -OCH3 is 1. The molecule has 0 heterocycles. The van der Waals surface area contributed by atoms with E-state index in [1.807, 2.05) is 84.9 Å². The Morgan fingerprint density at radius 3 is 2.07 bits per heavy atom. The summed E-state index contributed by atoms with van der Waals surface area (Å²) < 4.78 is 10.5. The monoisotopic (exact) mass is 398 g/mol. The molecule has 0 unspecified atom stereocenters. The number of nitriles is 1. The maximum atomic E-state index is 12.0. The largest absolute Gasteiger partial charge is 0.496 e. The van der Waals surface area contributed by atoms with Crippen molar-refractivity contribution in [3.63, 3.8) is 0 Å². The highest BCUT2D eigenvalue weighted by atomic mass is 16.5. The van der Waals surface area contributed by atoms with Gasteiger partial charge in [0.25, 0.3) is 0 Å². The van der Waals surface area contributed by atoms with E-state index in [0.29, 0.717) is 11.3 Å². The molecule has 0 spiro atoms. The molecule has 0 amide bonds. The van der Waals surface area contributed by atoms with Gasteiger partial charge in [-0.2, -0.15) is 5.26 Å². The first-order valence-corrected chi connectivity index (χ1v) is 9.55. The third kappa shape index (κ3) is 4.68. The predicted molar refractivity (Wildman–Crippen MR) is 118 cm³/mol. The number of carbonyl (C=O) groups is 1. The van der Waals surface area contributed by atoms with E-state index in [4.69, 9.17) is 9.47 Å². The van der Waals surface area contributed by atoms with Crippen LogP contribution in [0.2, 0.25) is 0 Å². The van der Waals surface area contributed by atoms with E-state index >= 15 is 0 Å². The van der Waals surface area contributed by atoms with E-state index in [1.165, 1.54) is 6.08 Å². The molecule has 0 aliphatic carbocycles. The van der Waals surface area contributed by atoms with Crippen LogP contribution in [0, 0.1) is 11.3 Å². The first-order valence-electron chi connectivity index (χ1n) is 9.55. The first-order chi connectivity index (χ1) is 14.7. The molecule has 3 aromatic rings. The van der Waals surface area contributed by atoms with Gasteiger partial charge >= 0.3 is 5.97 Å². The van der Waals surface area contributed by atoms with Crippen LogP contribution in [0.4, 0.5) is 17.1 Å². The molecule has 150 valence electrons. The summed E-state index contributed by atoms with van der Waals surface area (Å²) in [6, 6.07) is 27.5. The SMILES string of the molecule is CCOC(=O)/C(C#N)=C/c1ccc(N(c2ccccc2)c2ccccc2)cc1OC. The number of hydrogen-bond donors (Lipinski definition) is 0. The van der Waals surface area contributed by atoms with E-state index < -0.39 is 5.97 Å². The maximum absolute atomic E-state index is 12.0. The van der Waals surface area contributed by atoms with Crippen molar-refractivity contribution in [3.05, 3.63) is 90.0 Å². The number of hydrogen-bond acceptors (Lipinski definition) is 5. The van der Waals surface area contributed by atoms with Crippen LogP contribution in [-0.2, 0) is 9.53 Å². The lowest BCUT2D eigenvalue weighted by molar-refractivity contribution is -0.137. The summed E-state index contributed by atoms with van der Waals surface area (Å²) in [4.78, 5) is 14.1. The van der Waals surface area contributed by atoms with Crippen LogP contribution < -0.4 is 9.64 Å². The zero-order valence-corrected chi connectivity index (χ0v) is 16.9. The molecule has 0 saturated heterocycles. The summed E-state index contributed by atoms with van der Waals surface area (Å²) in [6.07, 6.45) is 1.48. The molecule has 0 radical (unpaired) electrons. The fraction of sp³-hybridized carbons (Fsp3) is 0.120. The molecule has 0 aromatic heterocycles. The quantitative estimate of drug-likeness (QED) is 0.293. The van der Waals surface area contributed by atoms with Crippen LogP contribution in [-0.4, -0.2) is 19.7 Å². The number of nitrogens with zero attached hydrogens (tertiary/aromatic N) is 2. The lowest BCUT2D eigenvalue weighted by atomic mass is 10.1. The molecule has 0 N–H and O–H groups in total.